The van der Waals surface area contributed by atoms with E-state index in [2.05, 4.69) is 35.5 Å². The average molecular weight is 397 g/mol. The number of carbonyl (C=O) groups excluding carboxylic acids is 1. The van der Waals surface area contributed by atoms with Crippen LogP contribution in [0.25, 0.3) is 44.5 Å². The zero-order valence-electron chi connectivity index (χ0n) is 16.3. The lowest BCUT2D eigenvalue weighted by atomic mass is 10.1. The van der Waals surface area contributed by atoms with Crippen molar-refractivity contribution in [2.24, 2.45) is 0 Å². The van der Waals surface area contributed by atoms with Gasteiger partial charge in [0.2, 0.25) is 5.91 Å². The Labute approximate surface area is 171 Å². The SMILES string of the molecule is CCCC(=O)Nc1cncc(-c2cnc3[nH]nc(-c4cc5cnccc5[nH]4)c3c2)c1. The minimum Gasteiger partial charge on any atom is -0.353 e. The first-order valence-corrected chi connectivity index (χ1v) is 9.74. The van der Waals surface area contributed by atoms with Crippen molar-refractivity contribution in [3.05, 3.63) is 55.2 Å². The third-order valence-corrected chi connectivity index (χ3v) is 4.93. The van der Waals surface area contributed by atoms with Crippen LogP contribution in [0.2, 0.25) is 0 Å². The summed E-state index contributed by atoms with van der Waals surface area (Å²) in [6.45, 7) is 1.97. The van der Waals surface area contributed by atoms with E-state index in [0.29, 0.717) is 17.8 Å². The van der Waals surface area contributed by atoms with Crippen LogP contribution < -0.4 is 5.32 Å². The van der Waals surface area contributed by atoms with Crippen molar-refractivity contribution in [1.29, 1.82) is 0 Å². The van der Waals surface area contributed by atoms with E-state index >= 15 is 0 Å². The lowest BCUT2D eigenvalue weighted by Crippen LogP contribution is -2.10. The van der Waals surface area contributed by atoms with Gasteiger partial charge in [-0.3, -0.25) is 19.9 Å². The van der Waals surface area contributed by atoms with Crippen LogP contribution in [0.5, 0.6) is 0 Å². The number of amides is 1. The predicted molar refractivity (Wildman–Crippen MR) is 116 cm³/mol. The second kappa shape index (κ2) is 7.40. The first-order chi connectivity index (χ1) is 14.7. The van der Waals surface area contributed by atoms with Gasteiger partial charge in [0.25, 0.3) is 0 Å². The molecule has 0 fully saturated rings. The molecule has 8 heteroatoms. The van der Waals surface area contributed by atoms with Crippen molar-refractivity contribution in [3.63, 3.8) is 0 Å². The average Bonchev–Trinajstić information content (AvgIpc) is 3.37. The number of carbonyl (C=O) groups is 1. The summed E-state index contributed by atoms with van der Waals surface area (Å²) in [5.74, 6) is -0.0181. The number of rotatable bonds is 5. The third-order valence-electron chi connectivity index (χ3n) is 4.93. The van der Waals surface area contributed by atoms with Gasteiger partial charge in [-0.05, 0) is 30.7 Å². The van der Waals surface area contributed by atoms with E-state index in [9.17, 15) is 4.79 Å². The Morgan fingerprint density at radius 3 is 2.83 bits per heavy atom. The summed E-state index contributed by atoms with van der Waals surface area (Å²) in [7, 11) is 0. The summed E-state index contributed by atoms with van der Waals surface area (Å²) in [6, 6.07) is 7.88. The molecule has 0 atom stereocenters. The summed E-state index contributed by atoms with van der Waals surface area (Å²) >= 11 is 0. The molecule has 5 aromatic rings. The number of nitrogens with one attached hydrogen (secondary N) is 3. The largest absolute Gasteiger partial charge is 0.353 e. The number of fused-ring (bicyclic) bond motifs is 2. The summed E-state index contributed by atoms with van der Waals surface area (Å²) in [5, 5.41) is 12.3. The third kappa shape index (κ3) is 3.28. The molecule has 5 heterocycles. The van der Waals surface area contributed by atoms with Crippen molar-refractivity contribution < 1.29 is 4.79 Å². The number of hydrogen-bond donors (Lipinski definition) is 3. The molecule has 0 spiro atoms. The molecule has 3 N–H and O–H groups in total. The molecule has 5 aromatic heterocycles. The Morgan fingerprint density at radius 2 is 1.97 bits per heavy atom. The van der Waals surface area contributed by atoms with Crippen molar-refractivity contribution in [3.8, 4) is 22.5 Å². The highest BCUT2D eigenvalue weighted by Gasteiger charge is 2.13. The van der Waals surface area contributed by atoms with Crippen LogP contribution in [0.1, 0.15) is 19.8 Å². The quantitative estimate of drug-likeness (QED) is 0.409. The van der Waals surface area contributed by atoms with E-state index in [-0.39, 0.29) is 5.91 Å². The molecule has 0 saturated heterocycles. The van der Waals surface area contributed by atoms with Gasteiger partial charge in [-0.1, -0.05) is 6.92 Å². The summed E-state index contributed by atoms with van der Waals surface area (Å²) in [4.78, 5) is 28.2. The Bertz CT molecular complexity index is 1340. The molecule has 0 aliphatic carbocycles. The molecule has 0 unspecified atom stereocenters. The van der Waals surface area contributed by atoms with Crippen LogP contribution in [0.3, 0.4) is 0 Å². The van der Waals surface area contributed by atoms with E-state index in [1.165, 1.54) is 0 Å². The standard InChI is InChI=1S/C22H19N7O/c1-2-3-20(30)26-16-6-13(9-24-12-16)14-7-17-21(28-29-22(17)25-11-14)19-8-15-10-23-5-4-18(15)27-19/h4-12,27H,2-3H2,1H3,(H,26,30)(H,25,28,29). The number of hydrogen-bond acceptors (Lipinski definition) is 5. The maximum absolute atomic E-state index is 11.9. The number of aromatic nitrogens is 6. The summed E-state index contributed by atoms with van der Waals surface area (Å²) in [5.41, 5.74) is 5.80. The van der Waals surface area contributed by atoms with Crippen molar-refractivity contribution in [2.45, 2.75) is 19.8 Å². The first kappa shape index (κ1) is 18.0. The number of nitrogens with zero attached hydrogens (tertiary/aromatic N) is 4. The van der Waals surface area contributed by atoms with Crippen LogP contribution >= 0.6 is 0 Å². The first-order valence-electron chi connectivity index (χ1n) is 9.74. The minimum atomic E-state index is -0.0181. The highest BCUT2D eigenvalue weighted by atomic mass is 16.1. The topological polar surface area (TPSA) is 112 Å². The molecule has 0 radical (unpaired) electrons. The fraction of sp³-hybridized carbons (Fsp3) is 0.136. The molecule has 148 valence electrons. The maximum Gasteiger partial charge on any atom is 0.224 e. The zero-order chi connectivity index (χ0) is 20.5. The molecule has 30 heavy (non-hydrogen) atoms. The normalized spacial score (nSPS) is 11.2. The van der Waals surface area contributed by atoms with E-state index in [1.54, 1.807) is 24.8 Å². The molecule has 0 aromatic carbocycles. The second-order valence-corrected chi connectivity index (χ2v) is 7.10. The monoisotopic (exact) mass is 397 g/mol. The smallest absolute Gasteiger partial charge is 0.224 e. The molecule has 0 bridgehead atoms. The number of H-pyrrole nitrogens is 2. The molecule has 1 amide bonds. The Morgan fingerprint density at radius 1 is 1.07 bits per heavy atom. The predicted octanol–water partition coefficient (Wildman–Crippen LogP) is 4.30. The summed E-state index contributed by atoms with van der Waals surface area (Å²) in [6.07, 6.45) is 10.0. The van der Waals surface area contributed by atoms with Crippen LogP contribution in [-0.4, -0.2) is 36.0 Å². The van der Waals surface area contributed by atoms with Crippen molar-refractivity contribution in [2.75, 3.05) is 5.32 Å². The van der Waals surface area contributed by atoms with Gasteiger partial charge < -0.3 is 10.3 Å². The molecule has 5 rings (SSSR count). The van der Waals surface area contributed by atoms with Gasteiger partial charge in [-0.25, -0.2) is 4.98 Å². The van der Waals surface area contributed by atoms with Gasteiger partial charge in [0.05, 0.1) is 17.6 Å². The molecule has 8 nitrogen and oxygen atoms in total. The van der Waals surface area contributed by atoms with Crippen molar-refractivity contribution in [1.82, 2.24) is 30.1 Å². The summed E-state index contributed by atoms with van der Waals surface area (Å²) < 4.78 is 0. The van der Waals surface area contributed by atoms with Crippen LogP contribution in [0.4, 0.5) is 5.69 Å². The van der Waals surface area contributed by atoms with E-state index < -0.39 is 0 Å². The molecule has 0 aliphatic heterocycles. The number of aromatic amines is 2. The van der Waals surface area contributed by atoms with Gasteiger partial charge in [0.1, 0.15) is 5.69 Å². The lowest BCUT2D eigenvalue weighted by Gasteiger charge is -2.07. The lowest BCUT2D eigenvalue weighted by molar-refractivity contribution is -0.116. The minimum absolute atomic E-state index is 0.0181. The van der Waals surface area contributed by atoms with E-state index in [4.69, 9.17) is 0 Å². The van der Waals surface area contributed by atoms with Gasteiger partial charge in [-0.2, -0.15) is 5.10 Å². The highest BCUT2D eigenvalue weighted by Crippen LogP contribution is 2.30. The van der Waals surface area contributed by atoms with Gasteiger partial charge in [-0.15, -0.1) is 0 Å². The van der Waals surface area contributed by atoms with Gasteiger partial charge >= 0.3 is 0 Å². The van der Waals surface area contributed by atoms with Crippen LogP contribution in [0.15, 0.2) is 55.2 Å². The maximum atomic E-state index is 11.9. The molecular formula is C22H19N7O. The molecule has 0 saturated carbocycles. The second-order valence-electron chi connectivity index (χ2n) is 7.10. The van der Waals surface area contributed by atoms with Crippen LogP contribution in [0, 0.1) is 0 Å². The highest BCUT2D eigenvalue weighted by molar-refractivity contribution is 5.96. The Kier molecular flexibility index (Phi) is 4.44. The Balaban J connectivity index is 1.54. The van der Waals surface area contributed by atoms with Crippen LogP contribution in [-0.2, 0) is 4.79 Å². The number of anilines is 1. The molecular weight excluding hydrogens is 378 g/mol. The Hall–Kier alpha value is -4.07. The van der Waals surface area contributed by atoms with Gasteiger partial charge in [0, 0.05) is 58.6 Å². The number of pyridine rings is 3. The van der Waals surface area contributed by atoms with Crippen molar-refractivity contribution >= 4 is 33.5 Å². The fourth-order valence-corrected chi connectivity index (χ4v) is 3.48. The van der Waals surface area contributed by atoms with E-state index in [1.807, 2.05) is 37.4 Å². The van der Waals surface area contributed by atoms with E-state index in [0.717, 1.165) is 45.2 Å². The fourth-order valence-electron chi connectivity index (χ4n) is 3.48. The molecule has 0 aliphatic rings. The zero-order valence-corrected chi connectivity index (χ0v) is 16.3. The van der Waals surface area contributed by atoms with Gasteiger partial charge in [0.15, 0.2) is 5.65 Å².